The highest BCUT2D eigenvalue weighted by atomic mass is 32.2. The summed E-state index contributed by atoms with van der Waals surface area (Å²) in [5.74, 6) is -0.728. The Hall–Kier alpha value is -3.99. The number of anilines is 2. The van der Waals surface area contributed by atoms with Crippen molar-refractivity contribution in [1.29, 1.82) is 0 Å². The zero-order valence-electron chi connectivity index (χ0n) is 17.7. The van der Waals surface area contributed by atoms with Crippen LogP contribution in [-0.2, 0) is 14.8 Å². The number of carbonyl (C=O) groups excluding carboxylic acids is 1. The Morgan fingerprint density at radius 3 is 2.42 bits per heavy atom. The maximum atomic E-state index is 13.0. The van der Waals surface area contributed by atoms with Gasteiger partial charge in [-0.1, -0.05) is 6.07 Å². The number of nitro benzene ring substituents is 1. The van der Waals surface area contributed by atoms with E-state index < -0.39 is 26.7 Å². The Bertz CT molecular complexity index is 1310. The van der Waals surface area contributed by atoms with Crippen molar-refractivity contribution in [2.45, 2.75) is 18.7 Å². The molecule has 0 aromatic heterocycles. The number of benzene rings is 3. The molecule has 1 amide bonds. The van der Waals surface area contributed by atoms with Gasteiger partial charge in [-0.15, -0.1) is 0 Å². The van der Waals surface area contributed by atoms with E-state index in [0.717, 1.165) is 12.1 Å². The Morgan fingerprint density at radius 1 is 1.09 bits per heavy atom. The summed E-state index contributed by atoms with van der Waals surface area (Å²) < 4.78 is 46.0. The van der Waals surface area contributed by atoms with Gasteiger partial charge in [-0.25, -0.2) is 12.8 Å². The summed E-state index contributed by atoms with van der Waals surface area (Å²) >= 11 is 0. The Morgan fingerprint density at radius 2 is 1.79 bits per heavy atom. The Kier molecular flexibility index (Phi) is 6.92. The van der Waals surface area contributed by atoms with Crippen LogP contribution in [0.4, 0.5) is 21.5 Å². The first-order valence-electron chi connectivity index (χ1n) is 9.62. The van der Waals surface area contributed by atoms with Crippen LogP contribution in [0.2, 0.25) is 0 Å². The second-order valence-electron chi connectivity index (χ2n) is 7.08. The number of nitro groups is 1. The molecule has 0 aliphatic rings. The summed E-state index contributed by atoms with van der Waals surface area (Å²) in [5, 5.41) is 13.6. The van der Waals surface area contributed by atoms with Gasteiger partial charge in [-0.05, 0) is 67.9 Å². The molecular weight excluding hydrogens is 453 g/mol. The molecule has 11 heteroatoms. The fraction of sp³-hybridized carbons (Fsp3) is 0.136. The highest BCUT2D eigenvalue weighted by Gasteiger charge is 2.17. The molecule has 172 valence electrons. The Balaban J connectivity index is 1.66. The van der Waals surface area contributed by atoms with Gasteiger partial charge in [0.15, 0.2) is 6.61 Å². The predicted molar refractivity (Wildman–Crippen MR) is 120 cm³/mol. The number of nitrogens with one attached hydrogen (secondary N) is 2. The zero-order chi connectivity index (χ0) is 24.2. The van der Waals surface area contributed by atoms with E-state index in [1.807, 2.05) is 0 Å². The van der Waals surface area contributed by atoms with E-state index in [0.29, 0.717) is 22.6 Å². The summed E-state index contributed by atoms with van der Waals surface area (Å²) in [6, 6.07) is 13.3. The van der Waals surface area contributed by atoms with Gasteiger partial charge >= 0.3 is 0 Å². The number of nitrogens with zero attached hydrogens (tertiary/aromatic N) is 1. The number of hydrogen-bond acceptors (Lipinski definition) is 6. The molecule has 0 heterocycles. The molecule has 3 aromatic carbocycles. The van der Waals surface area contributed by atoms with Crippen molar-refractivity contribution in [2.24, 2.45) is 0 Å². The number of carbonyl (C=O) groups is 1. The van der Waals surface area contributed by atoms with Crippen LogP contribution in [0.3, 0.4) is 0 Å². The van der Waals surface area contributed by atoms with Crippen molar-refractivity contribution in [3.05, 3.63) is 87.7 Å². The summed E-state index contributed by atoms with van der Waals surface area (Å²) in [5.41, 5.74) is 1.17. The molecule has 0 aliphatic carbocycles. The number of sulfonamides is 1. The third-order valence-corrected chi connectivity index (χ3v) is 6.07. The first-order chi connectivity index (χ1) is 15.6. The van der Waals surface area contributed by atoms with Crippen LogP contribution < -0.4 is 14.8 Å². The van der Waals surface area contributed by atoms with Crippen LogP contribution in [-0.4, -0.2) is 25.9 Å². The Labute approximate surface area is 189 Å². The highest BCUT2D eigenvalue weighted by Crippen LogP contribution is 2.26. The number of aryl methyl sites for hydroxylation is 1. The average Bonchev–Trinajstić information content (AvgIpc) is 2.75. The van der Waals surface area contributed by atoms with Crippen molar-refractivity contribution in [3.8, 4) is 5.75 Å². The van der Waals surface area contributed by atoms with Crippen LogP contribution >= 0.6 is 0 Å². The van der Waals surface area contributed by atoms with Crippen LogP contribution in [0, 0.1) is 29.8 Å². The minimum absolute atomic E-state index is 0.0339. The molecule has 0 saturated heterocycles. The number of amides is 1. The topological polar surface area (TPSA) is 128 Å². The van der Waals surface area contributed by atoms with E-state index in [-0.39, 0.29) is 22.9 Å². The normalized spacial score (nSPS) is 11.0. The largest absolute Gasteiger partial charge is 0.483 e. The van der Waals surface area contributed by atoms with Gasteiger partial charge in [0.2, 0.25) is 0 Å². The third-order valence-electron chi connectivity index (χ3n) is 4.69. The molecule has 0 unspecified atom stereocenters. The molecular formula is C22H20FN3O6S. The van der Waals surface area contributed by atoms with Crippen molar-refractivity contribution in [3.63, 3.8) is 0 Å². The van der Waals surface area contributed by atoms with Crippen molar-refractivity contribution in [1.82, 2.24) is 0 Å². The molecule has 0 spiro atoms. The number of rotatable bonds is 8. The molecule has 0 radical (unpaired) electrons. The maximum Gasteiger partial charge on any atom is 0.274 e. The lowest BCUT2D eigenvalue weighted by molar-refractivity contribution is -0.385. The molecule has 0 saturated carbocycles. The minimum atomic E-state index is -3.92. The van der Waals surface area contributed by atoms with Gasteiger partial charge in [0, 0.05) is 11.8 Å². The first-order valence-corrected chi connectivity index (χ1v) is 11.1. The summed E-state index contributed by atoms with van der Waals surface area (Å²) in [4.78, 5) is 22.7. The lowest BCUT2D eigenvalue weighted by Gasteiger charge is -2.13. The second-order valence-corrected chi connectivity index (χ2v) is 8.77. The molecule has 0 atom stereocenters. The minimum Gasteiger partial charge on any atom is -0.483 e. The fourth-order valence-corrected chi connectivity index (χ4v) is 4.11. The van der Waals surface area contributed by atoms with Crippen molar-refractivity contribution >= 4 is 33.0 Å². The fourth-order valence-electron chi connectivity index (χ4n) is 2.97. The second kappa shape index (κ2) is 9.65. The van der Waals surface area contributed by atoms with Crippen molar-refractivity contribution < 1.29 is 27.3 Å². The smallest absolute Gasteiger partial charge is 0.274 e. The monoisotopic (exact) mass is 473 g/mol. The number of ether oxygens (including phenoxy) is 1. The van der Waals surface area contributed by atoms with Crippen LogP contribution in [0.1, 0.15) is 11.1 Å². The van der Waals surface area contributed by atoms with E-state index in [2.05, 4.69) is 10.0 Å². The standard InChI is InChI=1S/C22H20FN3O6S/c1-14-12-18(33(30,31)25-17-8-6-16(23)7-9-17)10-11-21(14)32-13-22(27)24-19-4-3-5-20(15(19)2)26(28)29/h3-12,25H,13H2,1-2H3,(H,24,27). The van der Waals surface area contributed by atoms with Crippen LogP contribution in [0.25, 0.3) is 0 Å². The molecule has 0 bridgehead atoms. The van der Waals surface area contributed by atoms with Gasteiger partial charge in [0.1, 0.15) is 11.6 Å². The van der Waals surface area contributed by atoms with Crippen LogP contribution in [0.15, 0.2) is 65.6 Å². The molecule has 0 fully saturated rings. The van der Waals surface area contributed by atoms with E-state index >= 15 is 0 Å². The lowest BCUT2D eigenvalue weighted by Crippen LogP contribution is -2.21. The molecule has 3 aromatic rings. The molecule has 33 heavy (non-hydrogen) atoms. The quantitative estimate of drug-likeness (QED) is 0.373. The highest BCUT2D eigenvalue weighted by molar-refractivity contribution is 7.92. The van der Waals surface area contributed by atoms with Gasteiger partial charge in [0.25, 0.3) is 21.6 Å². The van der Waals surface area contributed by atoms with E-state index in [1.54, 1.807) is 13.0 Å². The first kappa shape index (κ1) is 23.7. The molecule has 0 aliphatic heterocycles. The molecule has 3 rings (SSSR count). The van der Waals surface area contributed by atoms with E-state index in [9.17, 15) is 27.7 Å². The lowest BCUT2D eigenvalue weighted by atomic mass is 10.1. The van der Waals surface area contributed by atoms with E-state index in [1.165, 1.54) is 49.4 Å². The molecule has 9 nitrogen and oxygen atoms in total. The summed E-state index contributed by atoms with van der Waals surface area (Å²) in [6.07, 6.45) is 0. The number of hydrogen-bond donors (Lipinski definition) is 2. The van der Waals surface area contributed by atoms with Crippen LogP contribution in [0.5, 0.6) is 5.75 Å². The van der Waals surface area contributed by atoms with Crippen molar-refractivity contribution in [2.75, 3.05) is 16.6 Å². The van der Waals surface area contributed by atoms with Gasteiger partial charge in [0.05, 0.1) is 21.1 Å². The van der Waals surface area contributed by atoms with Gasteiger partial charge in [-0.2, -0.15) is 0 Å². The van der Waals surface area contributed by atoms with Gasteiger partial charge < -0.3 is 10.1 Å². The maximum absolute atomic E-state index is 13.0. The predicted octanol–water partition coefficient (Wildman–Crippen LogP) is 4.17. The number of halogens is 1. The third kappa shape index (κ3) is 5.83. The van der Waals surface area contributed by atoms with E-state index in [4.69, 9.17) is 4.74 Å². The van der Waals surface area contributed by atoms with Gasteiger partial charge in [-0.3, -0.25) is 19.6 Å². The SMILES string of the molecule is Cc1cc(S(=O)(=O)Nc2ccc(F)cc2)ccc1OCC(=O)Nc1cccc([N+](=O)[O-])c1C. The summed E-state index contributed by atoms with van der Waals surface area (Å²) in [7, 11) is -3.92. The zero-order valence-corrected chi connectivity index (χ0v) is 18.5. The molecule has 2 N–H and O–H groups in total. The summed E-state index contributed by atoms with van der Waals surface area (Å²) in [6.45, 7) is 2.76. The average molecular weight is 473 g/mol.